The molecule has 0 amide bonds. The van der Waals surface area contributed by atoms with Crippen molar-refractivity contribution >= 4 is 52.9 Å². The first-order valence-electron chi connectivity index (χ1n) is 8.32. The highest BCUT2D eigenvalue weighted by atomic mass is 127. The second kappa shape index (κ2) is 11.6. The highest BCUT2D eigenvalue weighted by molar-refractivity contribution is 14.0. The Morgan fingerprint density at radius 1 is 1.31 bits per heavy atom. The standard InChI is InChI=1S/C18H25ClN4OS.HI/c1-5-14(24-16-9-7-6-8-15(16)19)10-21-18(20-4)22-11-17-12(2)23-13(3)25-17;/h6-9,14H,5,10-11H2,1-4H3,(H2,20,21,22);1H. The number of nitrogens with one attached hydrogen (secondary N) is 2. The maximum Gasteiger partial charge on any atom is 0.191 e. The fourth-order valence-corrected chi connectivity index (χ4v) is 3.38. The summed E-state index contributed by atoms with van der Waals surface area (Å²) in [4.78, 5) is 9.93. The van der Waals surface area contributed by atoms with E-state index in [0.717, 1.165) is 23.1 Å². The van der Waals surface area contributed by atoms with Gasteiger partial charge in [-0.25, -0.2) is 4.98 Å². The lowest BCUT2D eigenvalue weighted by Gasteiger charge is -2.20. The van der Waals surface area contributed by atoms with Crippen LogP contribution in [0.4, 0.5) is 0 Å². The summed E-state index contributed by atoms with van der Waals surface area (Å²) in [6, 6.07) is 7.52. The molecule has 2 aromatic rings. The van der Waals surface area contributed by atoms with Crippen molar-refractivity contribution in [3.8, 4) is 5.75 Å². The number of benzene rings is 1. The minimum atomic E-state index is 0. The zero-order chi connectivity index (χ0) is 18.2. The molecule has 1 atom stereocenters. The van der Waals surface area contributed by atoms with E-state index in [2.05, 4.69) is 27.5 Å². The molecule has 0 spiro atoms. The van der Waals surface area contributed by atoms with Gasteiger partial charge < -0.3 is 15.4 Å². The van der Waals surface area contributed by atoms with E-state index in [1.165, 1.54) is 4.88 Å². The lowest BCUT2D eigenvalue weighted by Crippen LogP contribution is -2.42. The van der Waals surface area contributed by atoms with Gasteiger partial charge in [0.15, 0.2) is 5.96 Å². The number of hydrogen-bond acceptors (Lipinski definition) is 4. The minimum Gasteiger partial charge on any atom is -0.487 e. The summed E-state index contributed by atoms with van der Waals surface area (Å²) in [5, 5.41) is 8.34. The summed E-state index contributed by atoms with van der Waals surface area (Å²) in [7, 11) is 1.76. The Balaban J connectivity index is 0.00000338. The van der Waals surface area contributed by atoms with Crippen molar-refractivity contribution in [3.05, 3.63) is 44.9 Å². The summed E-state index contributed by atoms with van der Waals surface area (Å²) >= 11 is 7.87. The molecule has 8 heteroatoms. The van der Waals surface area contributed by atoms with Crippen LogP contribution >= 0.6 is 46.9 Å². The first kappa shape index (κ1) is 23.0. The molecular formula is C18H26ClIN4OS. The van der Waals surface area contributed by atoms with E-state index >= 15 is 0 Å². The largest absolute Gasteiger partial charge is 0.487 e. The molecule has 144 valence electrons. The van der Waals surface area contributed by atoms with Gasteiger partial charge in [0.05, 0.1) is 28.8 Å². The Morgan fingerprint density at radius 3 is 2.62 bits per heavy atom. The van der Waals surface area contributed by atoms with E-state index < -0.39 is 0 Å². The Labute approximate surface area is 181 Å². The molecule has 2 rings (SSSR count). The molecule has 26 heavy (non-hydrogen) atoms. The average molecular weight is 509 g/mol. The van der Waals surface area contributed by atoms with Crippen LogP contribution in [-0.2, 0) is 6.54 Å². The summed E-state index contributed by atoms with van der Waals surface area (Å²) < 4.78 is 5.99. The number of aliphatic imine (C=N–C) groups is 1. The van der Waals surface area contributed by atoms with Crippen LogP contribution in [0, 0.1) is 13.8 Å². The SMILES string of the molecule is CCC(CNC(=NC)NCc1sc(C)nc1C)Oc1ccccc1Cl.I. The number of hydrogen-bond donors (Lipinski definition) is 2. The maximum absolute atomic E-state index is 6.16. The van der Waals surface area contributed by atoms with Gasteiger partial charge in [0, 0.05) is 11.9 Å². The van der Waals surface area contributed by atoms with Crippen LogP contribution in [0.5, 0.6) is 5.75 Å². The molecule has 1 unspecified atom stereocenters. The zero-order valence-electron chi connectivity index (χ0n) is 15.5. The summed E-state index contributed by atoms with van der Waals surface area (Å²) in [6.07, 6.45) is 0.869. The molecule has 0 fully saturated rings. The van der Waals surface area contributed by atoms with Gasteiger partial charge in [-0.1, -0.05) is 30.7 Å². The monoisotopic (exact) mass is 508 g/mol. The van der Waals surface area contributed by atoms with Crippen molar-refractivity contribution in [1.29, 1.82) is 0 Å². The molecule has 2 N–H and O–H groups in total. The second-order valence-electron chi connectivity index (χ2n) is 5.63. The topological polar surface area (TPSA) is 58.5 Å². The van der Waals surface area contributed by atoms with Crippen LogP contribution in [0.1, 0.15) is 28.9 Å². The average Bonchev–Trinajstić information content (AvgIpc) is 2.93. The number of para-hydroxylation sites is 1. The molecule has 0 radical (unpaired) electrons. The predicted molar refractivity (Wildman–Crippen MR) is 121 cm³/mol. The molecule has 0 saturated heterocycles. The molecule has 0 aliphatic carbocycles. The molecule has 5 nitrogen and oxygen atoms in total. The van der Waals surface area contributed by atoms with Gasteiger partial charge in [-0.3, -0.25) is 4.99 Å². The third-order valence-electron chi connectivity index (χ3n) is 3.72. The molecule has 0 aliphatic heterocycles. The van der Waals surface area contributed by atoms with Crippen molar-refractivity contribution in [1.82, 2.24) is 15.6 Å². The number of halogens is 2. The van der Waals surface area contributed by atoms with Crippen molar-refractivity contribution in [2.24, 2.45) is 4.99 Å². The number of thiazole rings is 1. The Kier molecular flexibility index (Phi) is 10.3. The van der Waals surface area contributed by atoms with Crippen LogP contribution in [0.2, 0.25) is 5.02 Å². The van der Waals surface area contributed by atoms with Gasteiger partial charge >= 0.3 is 0 Å². The zero-order valence-corrected chi connectivity index (χ0v) is 19.4. The Morgan fingerprint density at radius 2 is 2.04 bits per heavy atom. The predicted octanol–water partition coefficient (Wildman–Crippen LogP) is 4.55. The van der Waals surface area contributed by atoms with Crippen molar-refractivity contribution in [3.63, 3.8) is 0 Å². The molecule has 0 aliphatic rings. The van der Waals surface area contributed by atoms with Crippen LogP contribution in [0.25, 0.3) is 0 Å². The van der Waals surface area contributed by atoms with Crippen LogP contribution in [0.15, 0.2) is 29.3 Å². The van der Waals surface area contributed by atoms with Gasteiger partial charge in [-0.2, -0.15) is 0 Å². The first-order chi connectivity index (χ1) is 12.0. The highest BCUT2D eigenvalue weighted by Crippen LogP contribution is 2.24. The van der Waals surface area contributed by atoms with Gasteiger partial charge in [0.25, 0.3) is 0 Å². The molecule has 0 bridgehead atoms. The van der Waals surface area contributed by atoms with Crippen molar-refractivity contribution in [2.75, 3.05) is 13.6 Å². The Hall–Kier alpha value is -1.06. The fourth-order valence-electron chi connectivity index (χ4n) is 2.32. The van der Waals surface area contributed by atoms with E-state index in [9.17, 15) is 0 Å². The lowest BCUT2D eigenvalue weighted by molar-refractivity contribution is 0.199. The number of rotatable bonds is 7. The van der Waals surface area contributed by atoms with E-state index in [1.54, 1.807) is 18.4 Å². The molecule has 1 heterocycles. The number of ether oxygens (including phenoxy) is 1. The molecule has 1 aromatic carbocycles. The van der Waals surface area contributed by atoms with Gasteiger partial charge in [0.2, 0.25) is 0 Å². The third-order valence-corrected chi connectivity index (χ3v) is 5.11. The maximum atomic E-state index is 6.16. The molecular weight excluding hydrogens is 483 g/mol. The summed E-state index contributed by atoms with van der Waals surface area (Å²) in [5.74, 6) is 1.45. The normalized spacial score (nSPS) is 12.3. The van der Waals surface area contributed by atoms with Gasteiger partial charge in [-0.15, -0.1) is 35.3 Å². The first-order valence-corrected chi connectivity index (χ1v) is 9.51. The van der Waals surface area contributed by atoms with Gasteiger partial charge in [0.1, 0.15) is 11.9 Å². The van der Waals surface area contributed by atoms with E-state index in [1.807, 2.05) is 38.1 Å². The molecule has 1 aromatic heterocycles. The second-order valence-corrected chi connectivity index (χ2v) is 7.32. The quantitative estimate of drug-likeness (QED) is 0.327. The van der Waals surface area contributed by atoms with Crippen LogP contribution in [0.3, 0.4) is 0 Å². The fraction of sp³-hybridized carbons (Fsp3) is 0.444. The third kappa shape index (κ3) is 6.92. The molecule has 0 saturated carbocycles. The minimum absolute atomic E-state index is 0. The van der Waals surface area contributed by atoms with E-state index in [-0.39, 0.29) is 30.1 Å². The number of aryl methyl sites for hydroxylation is 2. The van der Waals surface area contributed by atoms with Crippen molar-refractivity contribution < 1.29 is 4.74 Å². The number of nitrogens with zero attached hydrogens (tertiary/aromatic N) is 2. The number of aromatic nitrogens is 1. The van der Waals surface area contributed by atoms with Crippen molar-refractivity contribution in [2.45, 2.75) is 39.8 Å². The summed E-state index contributed by atoms with van der Waals surface area (Å²) in [6.45, 7) is 7.48. The lowest BCUT2D eigenvalue weighted by atomic mass is 10.2. The smallest absolute Gasteiger partial charge is 0.191 e. The van der Waals surface area contributed by atoms with Crippen LogP contribution < -0.4 is 15.4 Å². The van der Waals surface area contributed by atoms with Crippen LogP contribution in [-0.4, -0.2) is 30.6 Å². The van der Waals surface area contributed by atoms with E-state index in [0.29, 0.717) is 23.9 Å². The van der Waals surface area contributed by atoms with Gasteiger partial charge in [-0.05, 0) is 32.4 Å². The summed E-state index contributed by atoms with van der Waals surface area (Å²) in [5.41, 5.74) is 1.07. The Bertz CT molecular complexity index is 723. The highest BCUT2D eigenvalue weighted by Gasteiger charge is 2.12. The number of guanidine groups is 1. The van der Waals surface area contributed by atoms with E-state index in [4.69, 9.17) is 16.3 Å².